The number of fused-ring (bicyclic) bond motifs is 1. The molecule has 0 aromatic heterocycles. The van der Waals surface area contributed by atoms with Crippen LogP contribution in [0.1, 0.15) is 29.2 Å². The maximum Gasteiger partial charge on any atom is 0.138 e. The Morgan fingerprint density at radius 1 is 1.07 bits per heavy atom. The fourth-order valence-electron chi connectivity index (χ4n) is 3.74. The number of hydrogen-bond donors (Lipinski definition) is 0. The standard InChI is InChI=1S/C24H21ClN2O/c1-27-13-12-23(28-24-9-5-4-8-22(24)25)21-11-10-17(14-19(21)16-27)20-7-3-2-6-18(20)15-26/h2-11,14,23H,12-13,16H2,1H3. The van der Waals surface area contributed by atoms with Crippen molar-refractivity contribution in [1.82, 2.24) is 4.90 Å². The summed E-state index contributed by atoms with van der Waals surface area (Å²) in [6.45, 7) is 1.79. The zero-order valence-electron chi connectivity index (χ0n) is 15.7. The summed E-state index contributed by atoms with van der Waals surface area (Å²) >= 11 is 6.31. The summed E-state index contributed by atoms with van der Waals surface area (Å²) in [5, 5.41) is 10.1. The van der Waals surface area contributed by atoms with Crippen molar-refractivity contribution in [1.29, 1.82) is 5.26 Å². The quantitative estimate of drug-likeness (QED) is 0.566. The molecule has 4 rings (SSSR count). The topological polar surface area (TPSA) is 36.3 Å². The summed E-state index contributed by atoms with van der Waals surface area (Å²) < 4.78 is 6.32. The molecule has 0 aliphatic carbocycles. The highest BCUT2D eigenvalue weighted by Gasteiger charge is 2.23. The van der Waals surface area contributed by atoms with Gasteiger partial charge < -0.3 is 9.64 Å². The number of nitrogens with zero attached hydrogens (tertiary/aromatic N) is 2. The van der Waals surface area contributed by atoms with Gasteiger partial charge in [0.1, 0.15) is 11.9 Å². The van der Waals surface area contributed by atoms with Gasteiger partial charge in [-0.1, -0.05) is 54.1 Å². The van der Waals surface area contributed by atoms with Crippen LogP contribution in [0.2, 0.25) is 5.02 Å². The zero-order valence-corrected chi connectivity index (χ0v) is 16.5. The first-order valence-electron chi connectivity index (χ1n) is 9.38. The van der Waals surface area contributed by atoms with E-state index in [9.17, 15) is 5.26 Å². The molecule has 0 radical (unpaired) electrons. The molecule has 1 aliphatic rings. The van der Waals surface area contributed by atoms with E-state index in [0.29, 0.717) is 16.3 Å². The molecule has 0 bridgehead atoms. The molecule has 1 unspecified atom stereocenters. The third-order valence-electron chi connectivity index (χ3n) is 5.17. The van der Waals surface area contributed by atoms with Crippen molar-refractivity contribution in [3.63, 3.8) is 0 Å². The number of para-hydroxylation sites is 1. The van der Waals surface area contributed by atoms with E-state index >= 15 is 0 Å². The number of rotatable bonds is 3. The van der Waals surface area contributed by atoms with E-state index in [1.165, 1.54) is 11.1 Å². The van der Waals surface area contributed by atoms with Crippen molar-refractivity contribution >= 4 is 11.6 Å². The fourth-order valence-corrected chi connectivity index (χ4v) is 3.92. The highest BCUT2D eigenvalue weighted by atomic mass is 35.5. The van der Waals surface area contributed by atoms with Gasteiger partial charge in [0.15, 0.2) is 0 Å². The monoisotopic (exact) mass is 388 g/mol. The van der Waals surface area contributed by atoms with E-state index in [2.05, 4.69) is 36.2 Å². The first-order valence-corrected chi connectivity index (χ1v) is 9.75. The fraction of sp³-hybridized carbons (Fsp3) is 0.208. The molecule has 28 heavy (non-hydrogen) atoms. The normalized spacial score (nSPS) is 16.7. The molecule has 0 saturated carbocycles. The lowest BCUT2D eigenvalue weighted by molar-refractivity contribution is 0.183. The van der Waals surface area contributed by atoms with Crippen LogP contribution in [0.3, 0.4) is 0 Å². The summed E-state index contributed by atoms with van der Waals surface area (Å²) in [4.78, 5) is 2.30. The van der Waals surface area contributed by atoms with Crippen LogP contribution >= 0.6 is 11.6 Å². The highest BCUT2D eigenvalue weighted by Crippen LogP contribution is 2.36. The molecule has 0 saturated heterocycles. The molecule has 4 heteroatoms. The van der Waals surface area contributed by atoms with Gasteiger partial charge in [0.2, 0.25) is 0 Å². The van der Waals surface area contributed by atoms with E-state index in [0.717, 1.165) is 30.6 Å². The molecule has 1 aliphatic heterocycles. The SMILES string of the molecule is CN1CCC(Oc2ccccc2Cl)c2ccc(-c3ccccc3C#N)cc2C1. The Labute approximate surface area is 170 Å². The van der Waals surface area contributed by atoms with Crippen molar-refractivity contribution < 1.29 is 4.74 Å². The predicted octanol–water partition coefficient (Wildman–Crippen LogP) is 5.83. The summed E-state index contributed by atoms with van der Waals surface area (Å²) in [5.74, 6) is 0.712. The maximum absolute atomic E-state index is 9.45. The highest BCUT2D eigenvalue weighted by molar-refractivity contribution is 6.32. The number of ether oxygens (including phenoxy) is 1. The molecule has 0 spiro atoms. The number of halogens is 1. The lowest BCUT2D eigenvalue weighted by atomic mass is 9.94. The van der Waals surface area contributed by atoms with Crippen LogP contribution in [-0.4, -0.2) is 18.5 Å². The molecule has 1 atom stereocenters. The van der Waals surface area contributed by atoms with E-state index in [4.69, 9.17) is 16.3 Å². The van der Waals surface area contributed by atoms with Gasteiger partial charge in [-0.3, -0.25) is 0 Å². The van der Waals surface area contributed by atoms with Gasteiger partial charge in [0, 0.05) is 19.5 Å². The molecule has 3 aromatic rings. The van der Waals surface area contributed by atoms with Gasteiger partial charge >= 0.3 is 0 Å². The third-order valence-corrected chi connectivity index (χ3v) is 5.48. The minimum atomic E-state index is -0.0555. The van der Waals surface area contributed by atoms with Crippen LogP contribution < -0.4 is 4.74 Å². The molecule has 3 nitrogen and oxygen atoms in total. The third kappa shape index (κ3) is 3.75. The van der Waals surface area contributed by atoms with Crippen LogP contribution in [0.4, 0.5) is 0 Å². The van der Waals surface area contributed by atoms with Gasteiger partial charge in [0.05, 0.1) is 16.7 Å². The Kier molecular flexibility index (Phi) is 5.34. The lowest BCUT2D eigenvalue weighted by Crippen LogP contribution is -2.18. The van der Waals surface area contributed by atoms with Crippen LogP contribution in [0.25, 0.3) is 11.1 Å². The van der Waals surface area contributed by atoms with Crippen LogP contribution in [0.15, 0.2) is 66.7 Å². The molecular weight excluding hydrogens is 368 g/mol. The van der Waals surface area contributed by atoms with Crippen molar-refractivity contribution in [2.75, 3.05) is 13.6 Å². The smallest absolute Gasteiger partial charge is 0.138 e. The number of hydrogen-bond acceptors (Lipinski definition) is 3. The second-order valence-corrected chi connectivity index (χ2v) is 7.54. The van der Waals surface area contributed by atoms with Crippen molar-refractivity contribution in [2.24, 2.45) is 0 Å². The lowest BCUT2D eigenvalue weighted by Gasteiger charge is -2.21. The minimum absolute atomic E-state index is 0.0555. The van der Waals surface area contributed by atoms with Gasteiger partial charge in [-0.15, -0.1) is 0 Å². The number of nitriles is 1. The van der Waals surface area contributed by atoms with Crippen LogP contribution in [-0.2, 0) is 6.54 Å². The Morgan fingerprint density at radius 3 is 2.68 bits per heavy atom. The second kappa shape index (κ2) is 8.06. The van der Waals surface area contributed by atoms with Crippen molar-refractivity contribution in [3.8, 4) is 22.9 Å². The first-order chi connectivity index (χ1) is 13.7. The first kappa shape index (κ1) is 18.6. The van der Waals surface area contributed by atoms with Gasteiger partial charge in [-0.2, -0.15) is 5.26 Å². The average Bonchev–Trinajstić information content (AvgIpc) is 2.87. The molecule has 140 valence electrons. The Morgan fingerprint density at radius 2 is 1.86 bits per heavy atom. The zero-order chi connectivity index (χ0) is 19.5. The van der Waals surface area contributed by atoms with Crippen LogP contribution in [0.5, 0.6) is 5.75 Å². The van der Waals surface area contributed by atoms with Gasteiger partial charge in [-0.05, 0) is 53.6 Å². The summed E-state index contributed by atoms with van der Waals surface area (Å²) in [7, 11) is 2.12. The van der Waals surface area contributed by atoms with Crippen molar-refractivity contribution in [2.45, 2.75) is 19.1 Å². The van der Waals surface area contributed by atoms with Gasteiger partial charge in [-0.25, -0.2) is 0 Å². The van der Waals surface area contributed by atoms with E-state index in [1.54, 1.807) is 0 Å². The summed E-state index contributed by atoms with van der Waals surface area (Å²) in [6, 6.07) is 24.0. The van der Waals surface area contributed by atoms with Crippen LogP contribution in [0, 0.1) is 11.3 Å². The van der Waals surface area contributed by atoms with E-state index in [-0.39, 0.29) is 6.10 Å². The summed E-state index contributed by atoms with van der Waals surface area (Å²) in [6.07, 6.45) is 0.836. The summed E-state index contributed by atoms with van der Waals surface area (Å²) in [5.41, 5.74) is 5.11. The molecule has 0 fully saturated rings. The number of benzene rings is 3. The second-order valence-electron chi connectivity index (χ2n) is 7.13. The minimum Gasteiger partial charge on any atom is -0.484 e. The Balaban J connectivity index is 1.74. The maximum atomic E-state index is 9.45. The molecular formula is C24H21ClN2O. The average molecular weight is 389 g/mol. The largest absolute Gasteiger partial charge is 0.484 e. The molecule has 0 amide bonds. The van der Waals surface area contributed by atoms with E-state index < -0.39 is 0 Å². The van der Waals surface area contributed by atoms with Gasteiger partial charge in [0.25, 0.3) is 0 Å². The van der Waals surface area contributed by atoms with Crippen molar-refractivity contribution in [3.05, 3.63) is 88.4 Å². The predicted molar refractivity (Wildman–Crippen MR) is 112 cm³/mol. The molecule has 0 N–H and O–H groups in total. The Hall–Kier alpha value is -2.80. The van der Waals surface area contributed by atoms with E-state index in [1.807, 2.05) is 48.5 Å². The Bertz CT molecular complexity index is 1040. The molecule has 3 aromatic carbocycles. The molecule has 1 heterocycles.